The third-order valence-corrected chi connectivity index (χ3v) is 13.2. The molecule has 454 valence electrons. The highest BCUT2D eigenvalue weighted by molar-refractivity contribution is 5.71. The molecule has 1 unspecified atom stereocenters. The number of esters is 3. The van der Waals surface area contributed by atoms with Gasteiger partial charge in [0.1, 0.15) is 13.2 Å². The van der Waals surface area contributed by atoms with Crippen LogP contribution in [0.15, 0.2) is 170 Å². The molecule has 81 heavy (non-hydrogen) atoms. The van der Waals surface area contributed by atoms with Crippen LogP contribution in [0, 0.1) is 0 Å². The second kappa shape index (κ2) is 67.3. The monoisotopic (exact) mass is 1110 g/mol. The van der Waals surface area contributed by atoms with Gasteiger partial charge in [-0.2, -0.15) is 0 Å². The molecule has 0 fully saturated rings. The number of rotatable bonds is 57. The van der Waals surface area contributed by atoms with E-state index in [2.05, 4.69) is 191 Å². The molecule has 0 heterocycles. The van der Waals surface area contributed by atoms with Crippen LogP contribution < -0.4 is 0 Å². The molecule has 1 atom stereocenters. The molecule has 0 amide bonds. The van der Waals surface area contributed by atoms with Crippen molar-refractivity contribution in [3.63, 3.8) is 0 Å². The van der Waals surface area contributed by atoms with Crippen LogP contribution >= 0.6 is 0 Å². The van der Waals surface area contributed by atoms with E-state index < -0.39 is 6.10 Å². The zero-order valence-corrected chi connectivity index (χ0v) is 52.0. The van der Waals surface area contributed by atoms with Crippen LogP contribution in [-0.4, -0.2) is 37.2 Å². The Bertz CT molecular complexity index is 1860. The SMILES string of the molecule is CC/C=C\C/C=C\C/C=C\C/C=C\C/C=C\C/C=C\C/C=C\CCCCCCCCCC(=O)OCC(COC(=O)CCCCCCC/C=C\C/C=C\CCC)OC(=O)CCCCCCC/C=C\C/C=C\C/C=C\C/C=C\C/C=C\CC. The van der Waals surface area contributed by atoms with Crippen molar-refractivity contribution in [3.8, 4) is 0 Å². The maximum Gasteiger partial charge on any atom is 0.306 e. The molecule has 6 heteroatoms. The first kappa shape index (κ1) is 75.8. The Morgan fingerprint density at radius 1 is 0.259 bits per heavy atom. The lowest BCUT2D eigenvalue weighted by atomic mass is 10.1. The number of ether oxygens (including phenoxy) is 3. The first-order chi connectivity index (χ1) is 40.0. The minimum absolute atomic E-state index is 0.104. The molecule has 0 spiro atoms. The average molecular weight is 1120 g/mol. The van der Waals surface area contributed by atoms with E-state index in [1.54, 1.807) is 0 Å². The maximum atomic E-state index is 12.9. The van der Waals surface area contributed by atoms with Gasteiger partial charge in [-0.1, -0.05) is 268 Å². The van der Waals surface area contributed by atoms with Gasteiger partial charge in [0.25, 0.3) is 0 Å². The van der Waals surface area contributed by atoms with E-state index in [0.717, 1.165) is 193 Å². The summed E-state index contributed by atoms with van der Waals surface area (Å²) < 4.78 is 16.9. The molecule has 0 saturated heterocycles. The third kappa shape index (κ3) is 65.5. The Morgan fingerprint density at radius 3 is 0.753 bits per heavy atom. The van der Waals surface area contributed by atoms with Crippen molar-refractivity contribution in [2.24, 2.45) is 0 Å². The van der Waals surface area contributed by atoms with Gasteiger partial charge in [0, 0.05) is 19.3 Å². The van der Waals surface area contributed by atoms with E-state index in [-0.39, 0.29) is 31.1 Å². The second-order valence-electron chi connectivity index (χ2n) is 20.9. The Labute approximate surface area is 498 Å². The third-order valence-electron chi connectivity index (χ3n) is 13.2. The summed E-state index contributed by atoms with van der Waals surface area (Å²) in [5, 5.41) is 0. The Hall–Kier alpha value is -5.23. The van der Waals surface area contributed by atoms with Gasteiger partial charge in [0.2, 0.25) is 0 Å². The van der Waals surface area contributed by atoms with Crippen molar-refractivity contribution < 1.29 is 28.6 Å². The average Bonchev–Trinajstić information content (AvgIpc) is 3.46. The fourth-order valence-corrected chi connectivity index (χ4v) is 8.37. The highest BCUT2D eigenvalue weighted by Crippen LogP contribution is 2.14. The normalized spacial score (nSPS) is 13.3. The van der Waals surface area contributed by atoms with Crippen LogP contribution in [0.25, 0.3) is 0 Å². The topological polar surface area (TPSA) is 78.9 Å². The molecule has 0 bridgehead atoms. The lowest BCUT2D eigenvalue weighted by Crippen LogP contribution is -2.30. The van der Waals surface area contributed by atoms with Gasteiger partial charge < -0.3 is 14.2 Å². The van der Waals surface area contributed by atoms with Crippen molar-refractivity contribution in [1.82, 2.24) is 0 Å². The molecule has 0 aliphatic heterocycles. The van der Waals surface area contributed by atoms with Gasteiger partial charge in [0.05, 0.1) is 0 Å². The number of unbranched alkanes of at least 4 members (excludes halogenated alkanes) is 18. The molecular formula is C75H118O6. The summed E-state index contributed by atoms with van der Waals surface area (Å²) in [6.45, 7) is 6.30. The lowest BCUT2D eigenvalue weighted by molar-refractivity contribution is -0.167. The number of carbonyl (C=O) groups excluding carboxylic acids is 3. The molecule has 0 saturated carbocycles. The van der Waals surface area contributed by atoms with Crippen molar-refractivity contribution in [1.29, 1.82) is 0 Å². The summed E-state index contributed by atoms with van der Waals surface area (Å²) in [4.78, 5) is 38.3. The zero-order chi connectivity index (χ0) is 58.5. The van der Waals surface area contributed by atoms with E-state index in [9.17, 15) is 14.4 Å². The van der Waals surface area contributed by atoms with Crippen LogP contribution in [-0.2, 0) is 28.6 Å². The standard InChI is InChI=1S/C75H118O6/c1-4-7-10-13-16-19-22-25-27-29-31-33-34-35-36-37-38-39-40-42-43-45-47-50-53-56-59-62-65-68-74(77)80-71-72(70-79-73(76)67-64-61-58-55-52-49-24-21-18-15-12-9-6-3)81-75(78)69-66-63-60-57-54-51-48-46-44-41-32-30-28-26-23-20-17-14-11-8-5-2/h7-8,10-12,15-17,19-21,24-28,31-33,35-36,38-39,41-43,46,48,72H,4-6,9,13-14,18,22-23,29-30,34,37,40,44-45,47,49-71H2,1-3H3/b10-7-,11-8-,15-12-,19-16-,20-17-,24-21-,27-25-,28-26-,33-31-,36-35-,39-38-,41-32-,43-42-,48-46-. The van der Waals surface area contributed by atoms with E-state index >= 15 is 0 Å². The summed E-state index contributed by atoms with van der Waals surface area (Å²) in [5.74, 6) is -0.952. The lowest BCUT2D eigenvalue weighted by Gasteiger charge is -2.18. The van der Waals surface area contributed by atoms with E-state index in [4.69, 9.17) is 14.2 Å². The van der Waals surface area contributed by atoms with Crippen LogP contribution in [0.1, 0.15) is 265 Å². The van der Waals surface area contributed by atoms with Crippen molar-refractivity contribution in [2.75, 3.05) is 13.2 Å². The van der Waals surface area contributed by atoms with Gasteiger partial charge in [-0.05, 0) is 148 Å². The Balaban J connectivity index is 4.42. The van der Waals surface area contributed by atoms with Crippen LogP contribution in [0.3, 0.4) is 0 Å². The van der Waals surface area contributed by atoms with Crippen molar-refractivity contribution in [3.05, 3.63) is 170 Å². The molecular weight excluding hydrogens is 997 g/mol. The summed E-state index contributed by atoms with van der Waals surface area (Å²) in [6.07, 6.45) is 99.2. The van der Waals surface area contributed by atoms with E-state index in [1.807, 2.05) is 0 Å². The van der Waals surface area contributed by atoms with Crippen LogP contribution in [0.5, 0.6) is 0 Å². The Morgan fingerprint density at radius 2 is 0.481 bits per heavy atom. The van der Waals surface area contributed by atoms with Gasteiger partial charge in [0.15, 0.2) is 6.10 Å². The predicted octanol–water partition coefficient (Wildman–Crippen LogP) is 22.7. The summed E-state index contributed by atoms with van der Waals surface area (Å²) in [7, 11) is 0. The number of hydrogen-bond acceptors (Lipinski definition) is 6. The second-order valence-corrected chi connectivity index (χ2v) is 20.9. The minimum atomic E-state index is -0.810. The molecule has 0 radical (unpaired) electrons. The van der Waals surface area contributed by atoms with Gasteiger partial charge in [-0.3, -0.25) is 14.4 Å². The van der Waals surface area contributed by atoms with Crippen molar-refractivity contribution >= 4 is 17.9 Å². The van der Waals surface area contributed by atoms with E-state index in [1.165, 1.54) is 32.1 Å². The molecule has 0 aliphatic carbocycles. The van der Waals surface area contributed by atoms with Gasteiger partial charge in [-0.15, -0.1) is 0 Å². The summed E-state index contributed by atoms with van der Waals surface area (Å²) in [6, 6.07) is 0. The largest absolute Gasteiger partial charge is 0.462 e. The summed E-state index contributed by atoms with van der Waals surface area (Å²) >= 11 is 0. The number of allylic oxidation sites excluding steroid dienone is 28. The molecule has 0 aromatic rings. The van der Waals surface area contributed by atoms with Gasteiger partial charge >= 0.3 is 17.9 Å². The summed E-state index contributed by atoms with van der Waals surface area (Å²) in [5.41, 5.74) is 0. The fraction of sp³-hybridized carbons (Fsp3) is 0.587. The highest BCUT2D eigenvalue weighted by Gasteiger charge is 2.19. The van der Waals surface area contributed by atoms with Crippen LogP contribution in [0.2, 0.25) is 0 Å². The quantitative estimate of drug-likeness (QED) is 0.0261. The molecule has 0 aromatic heterocycles. The predicted molar refractivity (Wildman–Crippen MR) is 352 cm³/mol. The maximum absolute atomic E-state index is 12.9. The molecule has 0 N–H and O–H groups in total. The molecule has 0 rings (SSSR count). The molecule has 0 aromatic carbocycles. The fourth-order valence-electron chi connectivity index (χ4n) is 8.37. The van der Waals surface area contributed by atoms with Gasteiger partial charge in [-0.25, -0.2) is 0 Å². The number of hydrogen-bond donors (Lipinski definition) is 0. The first-order valence-corrected chi connectivity index (χ1v) is 32.6. The van der Waals surface area contributed by atoms with Crippen molar-refractivity contribution in [2.45, 2.75) is 271 Å². The number of carbonyl (C=O) groups is 3. The Kier molecular flexibility index (Phi) is 62.9. The van der Waals surface area contributed by atoms with E-state index in [0.29, 0.717) is 19.3 Å². The first-order valence-electron chi connectivity index (χ1n) is 32.6. The smallest absolute Gasteiger partial charge is 0.306 e. The minimum Gasteiger partial charge on any atom is -0.462 e. The zero-order valence-electron chi connectivity index (χ0n) is 52.0. The van der Waals surface area contributed by atoms with Crippen LogP contribution in [0.4, 0.5) is 0 Å². The highest BCUT2D eigenvalue weighted by atomic mass is 16.6. The molecule has 0 aliphatic rings. The molecule has 6 nitrogen and oxygen atoms in total.